The summed E-state index contributed by atoms with van der Waals surface area (Å²) in [4.78, 5) is 26.2. The van der Waals surface area contributed by atoms with E-state index in [4.69, 9.17) is 9.47 Å². The quantitative estimate of drug-likeness (QED) is 0.808. The van der Waals surface area contributed by atoms with Crippen LogP contribution in [0, 0.1) is 5.92 Å². The average molecular weight is 382 g/mol. The van der Waals surface area contributed by atoms with E-state index in [1.54, 1.807) is 20.3 Å². The van der Waals surface area contributed by atoms with Crippen molar-refractivity contribution in [3.63, 3.8) is 0 Å². The van der Waals surface area contributed by atoms with E-state index in [9.17, 15) is 4.79 Å². The molecule has 4 rings (SSSR count). The van der Waals surface area contributed by atoms with Crippen molar-refractivity contribution >= 4 is 11.9 Å². The number of amides is 1. The molecule has 1 saturated heterocycles. The highest BCUT2D eigenvalue weighted by molar-refractivity contribution is 5.80. The maximum atomic E-state index is 13.2. The fourth-order valence-electron chi connectivity index (χ4n) is 4.05. The summed E-state index contributed by atoms with van der Waals surface area (Å²) in [5.41, 5.74) is 2.62. The van der Waals surface area contributed by atoms with Crippen molar-refractivity contribution in [2.24, 2.45) is 5.92 Å². The number of methoxy groups -OCH3 is 2. The zero-order valence-corrected chi connectivity index (χ0v) is 16.4. The maximum Gasteiger partial charge on any atom is 0.231 e. The van der Waals surface area contributed by atoms with Gasteiger partial charge in [-0.05, 0) is 30.4 Å². The maximum absolute atomic E-state index is 13.2. The van der Waals surface area contributed by atoms with Gasteiger partial charge < -0.3 is 19.3 Å². The van der Waals surface area contributed by atoms with E-state index in [1.807, 2.05) is 11.0 Å². The SMILES string of the molecule is COc1cc(OC)nc(N2CCCC(C(=O)N3CCc4ccccc4C3)C2)n1. The molecule has 148 valence electrons. The van der Waals surface area contributed by atoms with Gasteiger partial charge in [0.05, 0.1) is 26.2 Å². The lowest BCUT2D eigenvalue weighted by Crippen LogP contribution is -2.46. The lowest BCUT2D eigenvalue weighted by molar-refractivity contribution is -0.136. The van der Waals surface area contributed by atoms with Crippen LogP contribution in [0.1, 0.15) is 24.0 Å². The molecule has 1 amide bonds. The predicted molar refractivity (Wildman–Crippen MR) is 106 cm³/mol. The molecule has 1 fully saturated rings. The van der Waals surface area contributed by atoms with Crippen LogP contribution in [-0.4, -0.2) is 54.6 Å². The number of carbonyl (C=O) groups excluding carboxylic acids is 1. The highest BCUT2D eigenvalue weighted by Gasteiger charge is 2.32. The molecule has 3 heterocycles. The third kappa shape index (κ3) is 3.74. The van der Waals surface area contributed by atoms with Gasteiger partial charge in [-0.2, -0.15) is 9.97 Å². The Kier molecular flexibility index (Phi) is 5.32. The van der Waals surface area contributed by atoms with Crippen LogP contribution in [0.3, 0.4) is 0 Å². The third-order valence-electron chi connectivity index (χ3n) is 5.58. The van der Waals surface area contributed by atoms with E-state index in [0.29, 0.717) is 30.8 Å². The number of fused-ring (bicyclic) bond motifs is 1. The van der Waals surface area contributed by atoms with Crippen LogP contribution in [0.15, 0.2) is 30.3 Å². The van der Waals surface area contributed by atoms with Gasteiger partial charge in [-0.15, -0.1) is 0 Å². The molecule has 0 saturated carbocycles. The molecule has 0 bridgehead atoms. The van der Waals surface area contributed by atoms with E-state index in [-0.39, 0.29) is 11.8 Å². The molecular formula is C21H26N4O3. The first-order valence-corrected chi connectivity index (χ1v) is 9.75. The number of rotatable bonds is 4. The van der Waals surface area contributed by atoms with Gasteiger partial charge >= 0.3 is 0 Å². The molecule has 1 aromatic heterocycles. The smallest absolute Gasteiger partial charge is 0.231 e. The van der Waals surface area contributed by atoms with Gasteiger partial charge in [0.25, 0.3) is 0 Å². The first kappa shape index (κ1) is 18.5. The van der Waals surface area contributed by atoms with Gasteiger partial charge in [-0.1, -0.05) is 24.3 Å². The van der Waals surface area contributed by atoms with Gasteiger partial charge in [0, 0.05) is 26.2 Å². The van der Waals surface area contributed by atoms with E-state index in [1.165, 1.54) is 11.1 Å². The number of nitrogens with zero attached hydrogens (tertiary/aromatic N) is 4. The minimum Gasteiger partial charge on any atom is -0.481 e. The Bertz CT molecular complexity index is 835. The summed E-state index contributed by atoms with van der Waals surface area (Å²) in [6.07, 6.45) is 2.76. The largest absolute Gasteiger partial charge is 0.481 e. The van der Waals surface area contributed by atoms with Crippen molar-refractivity contribution in [3.05, 3.63) is 41.5 Å². The molecule has 1 atom stereocenters. The Hall–Kier alpha value is -2.83. The normalized spacial score (nSPS) is 19.1. The molecule has 2 aliphatic heterocycles. The van der Waals surface area contributed by atoms with Crippen LogP contribution >= 0.6 is 0 Å². The Balaban J connectivity index is 1.48. The Labute approximate surface area is 165 Å². The lowest BCUT2D eigenvalue weighted by Gasteiger charge is -2.36. The van der Waals surface area contributed by atoms with Crippen molar-refractivity contribution in [2.45, 2.75) is 25.8 Å². The minimum absolute atomic E-state index is 0.0418. The fraction of sp³-hybridized carbons (Fsp3) is 0.476. The van der Waals surface area contributed by atoms with Crippen molar-refractivity contribution in [1.29, 1.82) is 0 Å². The molecule has 2 aliphatic rings. The number of hydrogen-bond donors (Lipinski definition) is 0. The zero-order chi connectivity index (χ0) is 19.5. The number of piperidine rings is 1. The van der Waals surface area contributed by atoms with Gasteiger partial charge in [-0.25, -0.2) is 0 Å². The summed E-state index contributed by atoms with van der Waals surface area (Å²) in [5, 5.41) is 0. The van der Waals surface area contributed by atoms with Crippen molar-refractivity contribution in [3.8, 4) is 11.8 Å². The van der Waals surface area contributed by atoms with Crippen LogP contribution in [0.25, 0.3) is 0 Å². The molecule has 7 nitrogen and oxygen atoms in total. The summed E-state index contributed by atoms with van der Waals surface area (Å²) in [7, 11) is 3.14. The van der Waals surface area contributed by atoms with Crippen LogP contribution in [0.2, 0.25) is 0 Å². The number of aromatic nitrogens is 2. The summed E-state index contributed by atoms with van der Waals surface area (Å²) in [6.45, 7) is 2.93. The standard InChI is InChI=1S/C21H26N4O3/c1-27-18-12-19(28-2)23-21(22-18)25-10-5-8-17(14-25)20(26)24-11-9-15-6-3-4-7-16(15)13-24/h3-4,6-7,12,17H,5,8-11,13-14H2,1-2H3. The Morgan fingerprint density at radius 3 is 2.50 bits per heavy atom. The molecule has 0 N–H and O–H groups in total. The van der Waals surface area contributed by atoms with Crippen molar-refractivity contribution < 1.29 is 14.3 Å². The molecule has 0 spiro atoms. The lowest BCUT2D eigenvalue weighted by atomic mass is 9.94. The second-order valence-corrected chi connectivity index (χ2v) is 7.32. The summed E-state index contributed by atoms with van der Waals surface area (Å²) < 4.78 is 10.5. The minimum atomic E-state index is -0.0418. The Morgan fingerprint density at radius 1 is 1.07 bits per heavy atom. The molecule has 1 aromatic carbocycles. The molecule has 2 aromatic rings. The van der Waals surface area contributed by atoms with E-state index < -0.39 is 0 Å². The third-order valence-corrected chi connectivity index (χ3v) is 5.58. The molecule has 0 aliphatic carbocycles. The van der Waals surface area contributed by atoms with Gasteiger partial charge in [0.15, 0.2) is 0 Å². The number of benzene rings is 1. The van der Waals surface area contributed by atoms with Gasteiger partial charge in [0.1, 0.15) is 0 Å². The highest BCUT2D eigenvalue weighted by Crippen LogP contribution is 2.27. The van der Waals surface area contributed by atoms with E-state index >= 15 is 0 Å². The van der Waals surface area contributed by atoms with Crippen molar-refractivity contribution in [1.82, 2.24) is 14.9 Å². The molecule has 1 unspecified atom stereocenters. The number of hydrogen-bond acceptors (Lipinski definition) is 6. The molecular weight excluding hydrogens is 356 g/mol. The van der Waals surface area contributed by atoms with Crippen LogP contribution in [0.5, 0.6) is 11.8 Å². The first-order chi connectivity index (χ1) is 13.7. The monoisotopic (exact) mass is 382 g/mol. The highest BCUT2D eigenvalue weighted by atomic mass is 16.5. The van der Waals surface area contributed by atoms with Crippen LogP contribution < -0.4 is 14.4 Å². The van der Waals surface area contributed by atoms with E-state index in [2.05, 4.69) is 33.1 Å². The van der Waals surface area contributed by atoms with Gasteiger partial charge in [-0.3, -0.25) is 4.79 Å². The number of carbonyl (C=O) groups is 1. The molecule has 0 radical (unpaired) electrons. The van der Waals surface area contributed by atoms with Crippen LogP contribution in [-0.2, 0) is 17.8 Å². The average Bonchev–Trinajstić information content (AvgIpc) is 2.77. The topological polar surface area (TPSA) is 67.8 Å². The predicted octanol–water partition coefficient (Wildman–Crippen LogP) is 2.30. The Morgan fingerprint density at radius 2 is 1.79 bits per heavy atom. The van der Waals surface area contributed by atoms with Crippen LogP contribution in [0.4, 0.5) is 5.95 Å². The zero-order valence-electron chi connectivity index (χ0n) is 16.4. The molecule has 7 heteroatoms. The summed E-state index contributed by atoms with van der Waals surface area (Å²) >= 11 is 0. The number of anilines is 1. The summed E-state index contributed by atoms with van der Waals surface area (Å²) in [5.74, 6) is 1.66. The second-order valence-electron chi connectivity index (χ2n) is 7.32. The molecule has 28 heavy (non-hydrogen) atoms. The van der Waals surface area contributed by atoms with E-state index in [0.717, 1.165) is 32.4 Å². The second kappa shape index (κ2) is 8.04. The first-order valence-electron chi connectivity index (χ1n) is 9.75. The summed E-state index contributed by atoms with van der Waals surface area (Å²) in [6, 6.07) is 10.0. The number of ether oxygens (including phenoxy) is 2. The van der Waals surface area contributed by atoms with Gasteiger partial charge in [0.2, 0.25) is 23.6 Å². The fourth-order valence-corrected chi connectivity index (χ4v) is 4.05. The van der Waals surface area contributed by atoms with Crippen molar-refractivity contribution in [2.75, 3.05) is 38.8 Å².